The molecule has 0 unspecified atom stereocenters. The van der Waals surface area contributed by atoms with Crippen LogP contribution in [0.1, 0.15) is 22.8 Å². The van der Waals surface area contributed by atoms with E-state index in [0.717, 1.165) is 0 Å². The third-order valence-corrected chi connectivity index (χ3v) is 12.2. The van der Waals surface area contributed by atoms with Gasteiger partial charge in [0.25, 0.3) is 5.69 Å². The fourth-order valence-corrected chi connectivity index (χ4v) is 8.46. The summed E-state index contributed by atoms with van der Waals surface area (Å²) in [5, 5.41) is 14.6. The molecular weight excluding hydrogens is 843 g/mol. The molecule has 0 aliphatic carbocycles. The van der Waals surface area contributed by atoms with Gasteiger partial charge in [-0.25, -0.2) is 9.97 Å². The summed E-state index contributed by atoms with van der Waals surface area (Å²) in [6.45, 7) is 0. The predicted molar refractivity (Wildman–Crippen MR) is 237 cm³/mol. The second kappa shape index (κ2) is 14.8. The third-order valence-electron chi connectivity index (χ3n) is 9.79. The molecule has 3 aromatic heterocycles. The maximum absolute atomic E-state index is 12.5. The molecule has 0 fully saturated rings. The lowest BCUT2D eigenvalue weighted by molar-refractivity contribution is -0.384. The number of hydrogen-bond donors (Lipinski definition) is 2. The lowest BCUT2D eigenvalue weighted by atomic mass is 10.0. The first-order valence-electron chi connectivity index (χ1n) is 17.3. The molecule has 0 spiro atoms. The topological polar surface area (TPSA) is 100 Å². The largest absolute Gasteiger partial charge is 0.354 e. The highest BCUT2D eigenvalue weighted by Crippen LogP contribution is 2.44. The highest BCUT2D eigenvalue weighted by Gasteiger charge is 2.24. The van der Waals surface area contributed by atoms with Crippen molar-refractivity contribution in [2.45, 2.75) is 0 Å². The average molecular weight is 866 g/mol. The van der Waals surface area contributed by atoms with Crippen LogP contribution in [0.15, 0.2) is 103 Å². The Labute approximate surface area is 355 Å². The van der Waals surface area contributed by atoms with E-state index >= 15 is 0 Å². The first kappa shape index (κ1) is 37.2. The number of H-pyrrole nitrogens is 2. The normalized spacial score (nSPS) is 12.0. The van der Waals surface area contributed by atoms with E-state index in [0.29, 0.717) is 119 Å². The van der Waals surface area contributed by atoms with Gasteiger partial charge in [0.2, 0.25) is 0 Å². The first-order valence-corrected chi connectivity index (χ1v) is 19.6. The van der Waals surface area contributed by atoms with Crippen molar-refractivity contribution < 1.29 is 4.92 Å². The Hall–Kier alpha value is -5.38. The molecule has 4 aromatic carbocycles. The van der Waals surface area contributed by atoms with Gasteiger partial charge in [-0.3, -0.25) is 10.1 Å². The lowest BCUT2D eigenvalue weighted by Gasteiger charge is -2.10. The summed E-state index contributed by atoms with van der Waals surface area (Å²) in [5.41, 5.74) is 9.25. The summed E-state index contributed by atoms with van der Waals surface area (Å²) >= 11 is 40.7. The average Bonchev–Trinajstić information content (AvgIpc) is 4.04. The van der Waals surface area contributed by atoms with Crippen LogP contribution in [0.5, 0.6) is 0 Å². The van der Waals surface area contributed by atoms with E-state index in [1.165, 1.54) is 6.07 Å². The van der Waals surface area contributed by atoms with Crippen LogP contribution in [0.4, 0.5) is 5.69 Å². The number of halogens is 6. The van der Waals surface area contributed by atoms with E-state index in [9.17, 15) is 10.1 Å². The molecular formula is C44H23Cl6N5O2. The molecule has 57 heavy (non-hydrogen) atoms. The summed E-state index contributed by atoms with van der Waals surface area (Å²) < 4.78 is 0. The minimum Gasteiger partial charge on any atom is -0.354 e. The van der Waals surface area contributed by atoms with E-state index in [4.69, 9.17) is 79.6 Å². The fourth-order valence-electron chi connectivity index (χ4n) is 7.27. The zero-order chi connectivity index (χ0) is 39.5. The molecule has 13 heteroatoms. The second-order valence-corrected chi connectivity index (χ2v) is 15.4. The van der Waals surface area contributed by atoms with E-state index in [-0.39, 0.29) is 5.69 Å². The Morgan fingerprint density at radius 1 is 0.421 bits per heavy atom. The molecule has 2 aliphatic heterocycles. The van der Waals surface area contributed by atoms with Gasteiger partial charge in [-0.2, -0.15) is 0 Å². The number of rotatable bonds is 5. The number of nitrogens with zero attached hydrogens (tertiary/aromatic N) is 3. The molecule has 0 saturated heterocycles. The third kappa shape index (κ3) is 6.51. The zero-order valence-corrected chi connectivity index (χ0v) is 33.6. The Bertz CT molecular complexity index is 3050. The van der Waals surface area contributed by atoms with Crippen LogP contribution in [0, 0.1) is 10.1 Å². The van der Waals surface area contributed by atoms with Crippen LogP contribution in [-0.4, -0.2) is 24.9 Å². The van der Waals surface area contributed by atoms with Gasteiger partial charge in [-0.05, 0) is 72.8 Å². The second-order valence-electron chi connectivity index (χ2n) is 13.1. The number of nitro benzene ring substituents is 1. The highest BCUT2D eigenvalue weighted by molar-refractivity contribution is 6.45. The molecule has 0 atom stereocenters. The van der Waals surface area contributed by atoms with E-state index in [1.54, 1.807) is 36.4 Å². The van der Waals surface area contributed by atoms with Crippen molar-refractivity contribution in [2.24, 2.45) is 0 Å². The number of aromatic amines is 2. The number of hydrogen-bond acceptors (Lipinski definition) is 4. The van der Waals surface area contributed by atoms with Gasteiger partial charge in [-0.15, -0.1) is 0 Å². The number of benzene rings is 4. The van der Waals surface area contributed by atoms with Gasteiger partial charge >= 0.3 is 0 Å². The summed E-state index contributed by atoms with van der Waals surface area (Å²) in [4.78, 5) is 29.6. The molecule has 8 bridgehead atoms. The van der Waals surface area contributed by atoms with Crippen LogP contribution >= 0.6 is 69.6 Å². The number of nitrogens with one attached hydrogen (secondary N) is 2. The Kier molecular flexibility index (Phi) is 9.69. The van der Waals surface area contributed by atoms with Gasteiger partial charge in [0, 0.05) is 67.1 Å². The van der Waals surface area contributed by atoms with Crippen LogP contribution in [-0.2, 0) is 0 Å². The molecule has 278 valence electrons. The fraction of sp³-hybridized carbons (Fsp3) is 0. The van der Waals surface area contributed by atoms with Crippen LogP contribution in [0.25, 0.3) is 90.9 Å². The molecule has 0 radical (unpaired) electrons. The molecule has 0 amide bonds. The van der Waals surface area contributed by atoms with Gasteiger partial charge in [0.05, 0.1) is 63.4 Å². The van der Waals surface area contributed by atoms with Gasteiger partial charge < -0.3 is 9.97 Å². The minimum absolute atomic E-state index is 0.0918. The number of fused-ring (bicyclic) bond motifs is 8. The van der Waals surface area contributed by atoms with Crippen molar-refractivity contribution >= 4 is 122 Å². The van der Waals surface area contributed by atoms with Crippen molar-refractivity contribution in [3.63, 3.8) is 0 Å². The molecule has 9 rings (SSSR count). The van der Waals surface area contributed by atoms with Crippen molar-refractivity contribution in [3.05, 3.63) is 166 Å². The predicted octanol–water partition coefficient (Wildman–Crippen LogP) is 15.2. The van der Waals surface area contributed by atoms with Crippen molar-refractivity contribution in [1.82, 2.24) is 19.9 Å². The summed E-state index contributed by atoms with van der Waals surface area (Å²) in [7, 11) is 0. The van der Waals surface area contributed by atoms with Crippen LogP contribution in [0.3, 0.4) is 0 Å². The molecule has 2 N–H and O–H groups in total. The summed E-state index contributed by atoms with van der Waals surface area (Å²) in [6.07, 6.45) is 7.47. The lowest BCUT2D eigenvalue weighted by Crippen LogP contribution is -1.94. The van der Waals surface area contributed by atoms with Gasteiger partial charge in [0.1, 0.15) is 0 Å². The maximum Gasteiger partial charge on any atom is 0.277 e. The van der Waals surface area contributed by atoms with Crippen molar-refractivity contribution in [2.75, 3.05) is 0 Å². The van der Waals surface area contributed by atoms with Crippen molar-refractivity contribution in [1.29, 1.82) is 0 Å². The first-order chi connectivity index (χ1) is 27.6. The summed E-state index contributed by atoms with van der Waals surface area (Å²) in [6, 6.07) is 30.4. The quantitative estimate of drug-likeness (QED) is 0.133. The molecule has 7 aromatic rings. The standard InChI is InChI=1S/C44H23Cl6N5O2/c45-26-10-3-7-23(42(26)48)39-31-16-14-29(51-31)38(22-6-1-2-13-37(22)55(56)57)30-15-17-32(52-30)40(24-8-4-11-27(46)43(24)49)34-19-21-36(54-34)41(35-20-18-33(39)53-35)25-9-5-12-28(47)44(25)50/h1-21,51,54H. The van der Waals surface area contributed by atoms with Crippen LogP contribution in [0.2, 0.25) is 30.1 Å². The number of aromatic nitrogens is 4. The smallest absolute Gasteiger partial charge is 0.277 e. The maximum atomic E-state index is 12.5. The van der Waals surface area contributed by atoms with Gasteiger partial charge in [0.15, 0.2) is 0 Å². The monoisotopic (exact) mass is 863 g/mol. The van der Waals surface area contributed by atoms with E-state index in [2.05, 4.69) is 9.97 Å². The van der Waals surface area contributed by atoms with Crippen molar-refractivity contribution in [3.8, 4) is 44.5 Å². The van der Waals surface area contributed by atoms with Gasteiger partial charge in [-0.1, -0.05) is 118 Å². The minimum atomic E-state index is -0.405. The highest BCUT2D eigenvalue weighted by atomic mass is 35.5. The zero-order valence-electron chi connectivity index (χ0n) is 29.1. The molecule has 7 nitrogen and oxygen atoms in total. The van der Waals surface area contributed by atoms with Crippen LogP contribution < -0.4 is 0 Å². The Morgan fingerprint density at radius 3 is 1.09 bits per heavy atom. The molecule has 0 saturated carbocycles. The molecule has 5 heterocycles. The number of nitro groups is 1. The number of para-hydroxylation sites is 1. The van der Waals surface area contributed by atoms with E-state index < -0.39 is 4.92 Å². The summed E-state index contributed by atoms with van der Waals surface area (Å²) in [5.74, 6) is 0. The Balaban J connectivity index is 1.53. The van der Waals surface area contributed by atoms with E-state index in [1.807, 2.05) is 85.0 Å². The SMILES string of the molecule is O=[N+]([O-])c1ccccc1-c1c2nc(c(-c3cccc(Cl)c3Cl)c3ccc([nH]3)c(-c3cccc(Cl)c3Cl)c3nc(c(-c4cccc(Cl)c4Cl)c4ccc1[nH]4)C=C3)C=C2. The molecule has 2 aliphatic rings. The Morgan fingerprint density at radius 2 is 0.737 bits per heavy atom.